The maximum Gasteiger partial charge on any atom is 0.295 e. The molecule has 0 aromatic heterocycles. The fraction of sp³-hybridized carbons (Fsp3) is 0.364. The number of hydrogen-bond donors (Lipinski definition) is 0. The molecule has 20 heavy (non-hydrogen) atoms. The van der Waals surface area contributed by atoms with E-state index in [1.807, 2.05) is 0 Å². The number of rotatable bonds is 4. The lowest BCUT2D eigenvalue weighted by molar-refractivity contribution is -0.384. The lowest BCUT2D eigenvalue weighted by atomic mass is 10.1. The van der Waals surface area contributed by atoms with Crippen molar-refractivity contribution < 1.29 is 14.1 Å². The third-order valence-corrected chi connectivity index (χ3v) is 3.03. The maximum absolute atomic E-state index is 13.1. The first-order chi connectivity index (χ1) is 9.52. The summed E-state index contributed by atoms with van der Waals surface area (Å²) >= 11 is 0. The van der Waals surface area contributed by atoms with Gasteiger partial charge in [0.2, 0.25) is 5.91 Å². The fourth-order valence-corrected chi connectivity index (χ4v) is 2.16. The van der Waals surface area contributed by atoms with Gasteiger partial charge < -0.3 is 4.90 Å². The predicted octanol–water partition coefficient (Wildman–Crippen LogP) is 2.40. The van der Waals surface area contributed by atoms with Crippen molar-refractivity contribution in [1.82, 2.24) is 0 Å². The summed E-state index contributed by atoms with van der Waals surface area (Å²) in [5, 5.41) is 14.3. The van der Waals surface area contributed by atoms with Crippen LogP contribution in [0.1, 0.15) is 6.42 Å². The quantitative estimate of drug-likeness (QED) is 0.277. The van der Waals surface area contributed by atoms with Crippen LogP contribution in [0.3, 0.4) is 0 Å². The summed E-state index contributed by atoms with van der Waals surface area (Å²) < 4.78 is 13.1. The zero-order valence-corrected chi connectivity index (χ0v) is 10.3. The molecule has 0 bridgehead atoms. The van der Waals surface area contributed by atoms with E-state index < -0.39 is 16.4 Å². The van der Waals surface area contributed by atoms with Crippen molar-refractivity contribution in [3.63, 3.8) is 0 Å². The first-order valence-electron chi connectivity index (χ1n) is 5.78. The minimum Gasteiger partial charge on any atom is -0.306 e. The summed E-state index contributed by atoms with van der Waals surface area (Å²) in [6.07, 6.45) is 0.146. The van der Waals surface area contributed by atoms with Crippen LogP contribution in [0, 0.1) is 21.8 Å². The van der Waals surface area contributed by atoms with E-state index in [1.54, 1.807) is 0 Å². The van der Waals surface area contributed by atoms with E-state index in [2.05, 4.69) is 10.0 Å². The fourth-order valence-electron chi connectivity index (χ4n) is 2.16. The molecule has 0 radical (unpaired) electrons. The molecule has 104 valence electrons. The highest BCUT2D eigenvalue weighted by Gasteiger charge is 2.33. The van der Waals surface area contributed by atoms with Gasteiger partial charge in [0.15, 0.2) is 0 Å². The van der Waals surface area contributed by atoms with Crippen molar-refractivity contribution in [2.45, 2.75) is 6.42 Å². The number of anilines is 1. The zero-order valence-electron chi connectivity index (χ0n) is 10.3. The van der Waals surface area contributed by atoms with Gasteiger partial charge in [-0.15, -0.1) is 0 Å². The molecule has 0 spiro atoms. The summed E-state index contributed by atoms with van der Waals surface area (Å²) in [4.78, 5) is 25.9. The number of halogens is 1. The van der Waals surface area contributed by atoms with Crippen molar-refractivity contribution in [3.05, 3.63) is 44.6 Å². The molecule has 1 aromatic carbocycles. The topological polar surface area (TPSA) is 112 Å². The number of carbonyl (C=O) groups is 1. The minimum atomic E-state index is -0.738. The predicted molar refractivity (Wildman–Crippen MR) is 67.5 cm³/mol. The summed E-state index contributed by atoms with van der Waals surface area (Å²) in [6.45, 7) is 0.359. The van der Waals surface area contributed by atoms with Gasteiger partial charge in [-0.2, -0.15) is 0 Å². The lowest BCUT2D eigenvalue weighted by Crippen LogP contribution is -2.25. The Morgan fingerprint density at radius 1 is 1.60 bits per heavy atom. The van der Waals surface area contributed by atoms with Gasteiger partial charge in [0.05, 0.1) is 11.0 Å². The first-order valence-corrected chi connectivity index (χ1v) is 5.78. The Kier molecular flexibility index (Phi) is 3.81. The van der Waals surface area contributed by atoms with Crippen molar-refractivity contribution in [2.75, 3.05) is 18.0 Å². The number of nitro benzene ring substituents is 1. The van der Waals surface area contributed by atoms with Crippen LogP contribution in [0.25, 0.3) is 10.4 Å². The van der Waals surface area contributed by atoms with Gasteiger partial charge in [0.25, 0.3) is 5.69 Å². The number of hydrogen-bond acceptors (Lipinski definition) is 4. The Morgan fingerprint density at radius 2 is 2.35 bits per heavy atom. The van der Waals surface area contributed by atoms with Crippen molar-refractivity contribution in [3.8, 4) is 0 Å². The van der Waals surface area contributed by atoms with Gasteiger partial charge >= 0.3 is 0 Å². The molecule has 1 atom stereocenters. The number of nitrogens with zero attached hydrogens (tertiary/aromatic N) is 5. The SMILES string of the molecule is [N-]=[N+]=NCC1CC(=O)N(c2ccc(F)cc2[N+](=O)[O-])C1. The third kappa shape index (κ3) is 2.67. The Hall–Kier alpha value is -2.67. The van der Waals surface area contributed by atoms with Crippen molar-refractivity contribution in [2.24, 2.45) is 11.0 Å². The van der Waals surface area contributed by atoms with Gasteiger partial charge in [0.1, 0.15) is 11.5 Å². The number of amides is 1. The molecule has 1 fully saturated rings. The molecule has 9 heteroatoms. The number of carbonyl (C=O) groups excluding carboxylic acids is 1. The molecule has 1 aliphatic rings. The molecule has 8 nitrogen and oxygen atoms in total. The average Bonchev–Trinajstić information content (AvgIpc) is 2.77. The molecule has 1 saturated heterocycles. The number of nitro groups is 1. The van der Waals surface area contributed by atoms with Crippen LogP contribution in [-0.4, -0.2) is 23.9 Å². The smallest absolute Gasteiger partial charge is 0.295 e. The van der Waals surface area contributed by atoms with Gasteiger partial charge in [-0.25, -0.2) is 4.39 Å². The first kappa shape index (κ1) is 13.8. The van der Waals surface area contributed by atoms with Crippen LogP contribution in [0.4, 0.5) is 15.8 Å². The molecular formula is C11H10FN5O3. The monoisotopic (exact) mass is 279 g/mol. The van der Waals surface area contributed by atoms with Crippen LogP contribution in [-0.2, 0) is 4.79 Å². The van der Waals surface area contributed by atoms with Crippen LogP contribution >= 0.6 is 0 Å². The molecule has 1 unspecified atom stereocenters. The van der Waals surface area contributed by atoms with Gasteiger partial charge in [-0.05, 0) is 23.6 Å². The van der Waals surface area contributed by atoms with Crippen LogP contribution in [0.2, 0.25) is 0 Å². The maximum atomic E-state index is 13.1. The molecule has 1 heterocycles. The van der Waals surface area contributed by atoms with Gasteiger partial charge in [0, 0.05) is 24.4 Å². The normalized spacial score (nSPS) is 17.9. The molecule has 0 saturated carbocycles. The Labute approximate surface area is 112 Å². The van der Waals surface area contributed by atoms with E-state index in [0.717, 1.165) is 12.1 Å². The summed E-state index contributed by atoms with van der Waals surface area (Å²) in [5.74, 6) is -1.24. The standard InChI is InChI=1S/C11H10FN5O3/c12-8-1-2-9(10(4-8)17(19)20)16-6-7(3-11(16)18)5-14-15-13/h1-2,4,7H,3,5-6H2. The zero-order chi connectivity index (χ0) is 14.7. The van der Waals surface area contributed by atoms with E-state index in [9.17, 15) is 19.3 Å². The largest absolute Gasteiger partial charge is 0.306 e. The Morgan fingerprint density at radius 3 is 3.00 bits per heavy atom. The van der Waals surface area contributed by atoms with Gasteiger partial charge in [-0.3, -0.25) is 14.9 Å². The highest BCUT2D eigenvalue weighted by atomic mass is 19.1. The third-order valence-electron chi connectivity index (χ3n) is 3.03. The molecular weight excluding hydrogens is 269 g/mol. The average molecular weight is 279 g/mol. The molecule has 1 aromatic rings. The molecule has 0 N–H and O–H groups in total. The van der Waals surface area contributed by atoms with E-state index >= 15 is 0 Å². The highest BCUT2D eigenvalue weighted by molar-refractivity contribution is 5.97. The van der Waals surface area contributed by atoms with E-state index in [4.69, 9.17) is 5.53 Å². The molecule has 0 aliphatic carbocycles. The van der Waals surface area contributed by atoms with Crippen molar-refractivity contribution >= 4 is 17.3 Å². The van der Waals surface area contributed by atoms with Crippen LogP contribution < -0.4 is 4.90 Å². The van der Waals surface area contributed by atoms with E-state index in [0.29, 0.717) is 0 Å². The molecule has 2 rings (SSSR count). The van der Waals surface area contributed by atoms with Crippen LogP contribution in [0.5, 0.6) is 0 Å². The lowest BCUT2D eigenvalue weighted by Gasteiger charge is -2.16. The number of benzene rings is 1. The Balaban J connectivity index is 2.30. The highest BCUT2D eigenvalue weighted by Crippen LogP contribution is 2.33. The van der Waals surface area contributed by atoms with E-state index in [-0.39, 0.29) is 37.0 Å². The van der Waals surface area contributed by atoms with Gasteiger partial charge in [-0.1, -0.05) is 5.11 Å². The second-order valence-corrected chi connectivity index (χ2v) is 4.38. The van der Waals surface area contributed by atoms with Crippen LogP contribution in [0.15, 0.2) is 23.3 Å². The second kappa shape index (κ2) is 5.54. The minimum absolute atomic E-state index is 0.0600. The van der Waals surface area contributed by atoms with Crippen molar-refractivity contribution in [1.29, 1.82) is 0 Å². The molecule has 1 aliphatic heterocycles. The number of azide groups is 1. The summed E-state index contributed by atoms with van der Waals surface area (Å²) in [5.41, 5.74) is 7.86. The molecule has 1 amide bonds. The van der Waals surface area contributed by atoms with E-state index in [1.165, 1.54) is 11.0 Å². The summed E-state index contributed by atoms with van der Waals surface area (Å²) in [7, 11) is 0. The summed E-state index contributed by atoms with van der Waals surface area (Å²) in [6, 6.07) is 3.06. The Bertz CT molecular complexity index is 614. The second-order valence-electron chi connectivity index (χ2n) is 4.38.